The molecule has 8 heteroatoms. The topological polar surface area (TPSA) is 74.9 Å². The van der Waals surface area contributed by atoms with Crippen molar-refractivity contribution >= 4 is 35.8 Å². The van der Waals surface area contributed by atoms with Crippen LogP contribution in [-0.4, -0.2) is 49.8 Å². The molecule has 1 aliphatic heterocycles. The maximum atomic E-state index is 5.79. The van der Waals surface area contributed by atoms with Gasteiger partial charge in [-0.05, 0) is 37.6 Å². The fourth-order valence-corrected chi connectivity index (χ4v) is 3.24. The van der Waals surface area contributed by atoms with Crippen LogP contribution in [0.3, 0.4) is 0 Å². The number of anilines is 1. The first-order valence-corrected chi connectivity index (χ1v) is 9.46. The van der Waals surface area contributed by atoms with E-state index in [0.29, 0.717) is 6.54 Å². The van der Waals surface area contributed by atoms with E-state index in [9.17, 15) is 0 Å². The zero-order valence-electron chi connectivity index (χ0n) is 16.7. The second-order valence-electron chi connectivity index (χ2n) is 6.87. The van der Waals surface area contributed by atoms with Crippen molar-refractivity contribution < 1.29 is 9.15 Å². The highest BCUT2D eigenvalue weighted by Crippen LogP contribution is 2.18. The standard InChI is InChI=1S/C20H29N5O2.HI/c1-15-13-25(14-16(2)27-15)19-7-6-17(11-23-19)12-24-20(21-3)22-9-8-18-5-4-10-26-18;/h4-7,10-11,15-16H,8-9,12-14H2,1-3H3,(H2,21,22,24);1H. The summed E-state index contributed by atoms with van der Waals surface area (Å²) in [5.74, 6) is 2.73. The molecule has 7 nitrogen and oxygen atoms in total. The van der Waals surface area contributed by atoms with Crippen LogP contribution in [0.15, 0.2) is 46.1 Å². The second-order valence-corrected chi connectivity index (χ2v) is 6.87. The van der Waals surface area contributed by atoms with Gasteiger partial charge in [-0.2, -0.15) is 0 Å². The van der Waals surface area contributed by atoms with Gasteiger partial charge >= 0.3 is 0 Å². The normalized spacial score (nSPS) is 19.8. The highest BCUT2D eigenvalue weighted by molar-refractivity contribution is 14.0. The van der Waals surface area contributed by atoms with Crippen LogP contribution in [-0.2, 0) is 17.7 Å². The van der Waals surface area contributed by atoms with E-state index < -0.39 is 0 Å². The minimum Gasteiger partial charge on any atom is -0.469 e. The Hall–Kier alpha value is -1.81. The summed E-state index contributed by atoms with van der Waals surface area (Å²) in [6.45, 7) is 7.39. The predicted octanol–water partition coefficient (Wildman–Crippen LogP) is 2.81. The third kappa shape index (κ3) is 6.66. The van der Waals surface area contributed by atoms with E-state index in [4.69, 9.17) is 9.15 Å². The van der Waals surface area contributed by atoms with Crippen LogP contribution in [0, 0.1) is 0 Å². The predicted molar refractivity (Wildman–Crippen MR) is 122 cm³/mol. The highest BCUT2D eigenvalue weighted by Gasteiger charge is 2.22. The van der Waals surface area contributed by atoms with E-state index in [-0.39, 0.29) is 36.2 Å². The molecule has 3 heterocycles. The first-order valence-electron chi connectivity index (χ1n) is 9.46. The average molecular weight is 499 g/mol. The fraction of sp³-hybridized carbons (Fsp3) is 0.500. The largest absolute Gasteiger partial charge is 0.469 e. The van der Waals surface area contributed by atoms with Crippen molar-refractivity contribution in [3.05, 3.63) is 48.0 Å². The Kier molecular flexibility index (Phi) is 9.04. The lowest BCUT2D eigenvalue weighted by molar-refractivity contribution is -0.00545. The summed E-state index contributed by atoms with van der Waals surface area (Å²) in [6.07, 6.45) is 4.89. The number of aliphatic imine (C=N–C) groups is 1. The molecule has 1 saturated heterocycles. The Morgan fingerprint density at radius 2 is 2.00 bits per heavy atom. The number of nitrogens with one attached hydrogen (secondary N) is 2. The summed E-state index contributed by atoms with van der Waals surface area (Å²) in [5.41, 5.74) is 1.11. The van der Waals surface area contributed by atoms with Gasteiger partial charge in [0.2, 0.25) is 0 Å². The molecule has 0 bridgehead atoms. The van der Waals surface area contributed by atoms with Crippen molar-refractivity contribution in [3.8, 4) is 0 Å². The third-order valence-corrected chi connectivity index (χ3v) is 4.48. The second kappa shape index (κ2) is 11.3. The molecular weight excluding hydrogens is 469 g/mol. The maximum absolute atomic E-state index is 5.79. The van der Waals surface area contributed by atoms with Gasteiger partial charge < -0.3 is 24.7 Å². The van der Waals surface area contributed by atoms with Gasteiger partial charge in [0.25, 0.3) is 0 Å². The maximum Gasteiger partial charge on any atom is 0.191 e. The minimum atomic E-state index is 0. The van der Waals surface area contributed by atoms with E-state index >= 15 is 0 Å². The Balaban J connectivity index is 0.00000280. The summed E-state index contributed by atoms with van der Waals surface area (Å²) in [4.78, 5) is 11.2. The van der Waals surface area contributed by atoms with Gasteiger partial charge in [-0.3, -0.25) is 4.99 Å². The lowest BCUT2D eigenvalue weighted by atomic mass is 10.2. The van der Waals surface area contributed by atoms with Gasteiger partial charge in [-0.15, -0.1) is 24.0 Å². The first-order chi connectivity index (χ1) is 13.1. The van der Waals surface area contributed by atoms with Gasteiger partial charge in [-0.1, -0.05) is 6.07 Å². The Labute approximate surface area is 184 Å². The van der Waals surface area contributed by atoms with Gasteiger partial charge in [0.15, 0.2) is 5.96 Å². The third-order valence-electron chi connectivity index (χ3n) is 4.48. The molecule has 0 amide bonds. The molecule has 0 radical (unpaired) electrons. The number of hydrogen-bond donors (Lipinski definition) is 2. The lowest BCUT2D eigenvalue weighted by Gasteiger charge is -2.36. The molecule has 2 N–H and O–H groups in total. The highest BCUT2D eigenvalue weighted by atomic mass is 127. The molecule has 1 aliphatic rings. The molecule has 0 aliphatic carbocycles. The van der Waals surface area contributed by atoms with Crippen LogP contribution in [0.25, 0.3) is 0 Å². The van der Waals surface area contributed by atoms with E-state index in [1.807, 2.05) is 18.3 Å². The first kappa shape index (κ1) is 22.5. The number of nitrogens with zero attached hydrogens (tertiary/aromatic N) is 3. The van der Waals surface area contributed by atoms with Gasteiger partial charge in [0.05, 0.1) is 18.5 Å². The lowest BCUT2D eigenvalue weighted by Crippen LogP contribution is -2.45. The number of pyridine rings is 1. The Morgan fingerprint density at radius 3 is 2.61 bits per heavy atom. The number of ether oxygens (including phenoxy) is 1. The van der Waals surface area contributed by atoms with Crippen molar-refractivity contribution in [2.75, 3.05) is 31.6 Å². The molecule has 154 valence electrons. The summed E-state index contributed by atoms with van der Waals surface area (Å²) >= 11 is 0. The molecular formula is C20H30IN5O2. The van der Waals surface area contributed by atoms with Crippen molar-refractivity contribution in [2.24, 2.45) is 4.99 Å². The number of hydrogen-bond acceptors (Lipinski definition) is 5. The SMILES string of the molecule is CN=C(NCCc1ccco1)NCc1ccc(N2CC(C)OC(C)C2)nc1.I. The van der Waals surface area contributed by atoms with E-state index in [2.05, 4.69) is 51.5 Å². The molecule has 0 saturated carbocycles. The molecule has 2 atom stereocenters. The number of furan rings is 1. The van der Waals surface area contributed by atoms with Crippen molar-refractivity contribution in [2.45, 2.75) is 39.0 Å². The Bertz CT molecular complexity index is 711. The van der Waals surface area contributed by atoms with Crippen molar-refractivity contribution in [1.29, 1.82) is 0 Å². The molecule has 0 spiro atoms. The van der Waals surface area contributed by atoms with Crippen LogP contribution in [0.1, 0.15) is 25.2 Å². The monoisotopic (exact) mass is 499 g/mol. The molecule has 2 unspecified atom stereocenters. The smallest absolute Gasteiger partial charge is 0.191 e. The molecule has 28 heavy (non-hydrogen) atoms. The van der Waals surface area contributed by atoms with Crippen molar-refractivity contribution in [3.63, 3.8) is 0 Å². The van der Waals surface area contributed by atoms with Crippen LogP contribution in [0.2, 0.25) is 0 Å². The van der Waals surface area contributed by atoms with Crippen LogP contribution in [0.5, 0.6) is 0 Å². The van der Waals surface area contributed by atoms with E-state index in [1.54, 1.807) is 13.3 Å². The number of morpholine rings is 1. The van der Waals surface area contributed by atoms with Crippen LogP contribution < -0.4 is 15.5 Å². The zero-order valence-corrected chi connectivity index (χ0v) is 19.1. The molecule has 1 fully saturated rings. The summed E-state index contributed by atoms with van der Waals surface area (Å²) in [6, 6.07) is 8.06. The Morgan fingerprint density at radius 1 is 1.21 bits per heavy atom. The summed E-state index contributed by atoms with van der Waals surface area (Å²) in [7, 11) is 1.77. The number of guanidine groups is 1. The minimum absolute atomic E-state index is 0. The number of aromatic nitrogens is 1. The van der Waals surface area contributed by atoms with Gasteiger partial charge in [0.1, 0.15) is 11.6 Å². The van der Waals surface area contributed by atoms with Crippen molar-refractivity contribution in [1.82, 2.24) is 15.6 Å². The summed E-state index contributed by atoms with van der Waals surface area (Å²) < 4.78 is 11.1. The fourth-order valence-electron chi connectivity index (χ4n) is 3.24. The molecule has 3 rings (SSSR count). The van der Waals surface area contributed by atoms with Crippen LogP contribution >= 0.6 is 24.0 Å². The van der Waals surface area contributed by atoms with Crippen LogP contribution in [0.4, 0.5) is 5.82 Å². The number of rotatable bonds is 6. The summed E-state index contributed by atoms with van der Waals surface area (Å²) in [5, 5.41) is 6.60. The van der Waals surface area contributed by atoms with Gasteiger partial charge in [0, 0.05) is 45.8 Å². The zero-order chi connectivity index (χ0) is 19.1. The molecule has 2 aromatic heterocycles. The van der Waals surface area contributed by atoms with E-state index in [1.165, 1.54) is 0 Å². The molecule has 2 aromatic rings. The van der Waals surface area contributed by atoms with Gasteiger partial charge in [-0.25, -0.2) is 4.98 Å². The average Bonchev–Trinajstić information content (AvgIpc) is 3.17. The number of halogens is 1. The quantitative estimate of drug-likeness (QED) is 0.362. The molecule has 0 aromatic carbocycles. The van der Waals surface area contributed by atoms with E-state index in [0.717, 1.165) is 49.2 Å².